The fraction of sp³-hybridized carbons (Fsp3) is 0.535. The SMILES string of the molecule is COC1=C(N2CC[C@@H](C3(N(C)C4CCN(c5cc(O)c6nc7c8c9c%10c(C)c(O)c8c(=O)c(c-7oc6c5)NC(=O)/C(C)=C\C=C\[C@H](C)[C@H](O)[C@@H](C)[C@@H](O)[C@@H](C)[C@H](OC(C)=O)[C@H](C)[C@@H](OC)/C=C/O[C@@](C)(O%10)C9=O)CC4)CC3)C2)C(F)=CC2C(=O)C(C(C)=O)=CN(C3CC3)C12. The molecule has 0 aromatic heterocycles. The molecule has 23 heteroatoms. The number of hydrogen-bond donors (Lipinski definition) is 5. The third-order valence-electron chi connectivity index (χ3n) is 21.6. The van der Waals surface area contributed by atoms with Crippen molar-refractivity contribution in [2.24, 2.45) is 35.5 Å². The van der Waals surface area contributed by atoms with Crippen LogP contribution in [-0.4, -0.2) is 171 Å². The Balaban J connectivity index is 0.850. The van der Waals surface area contributed by atoms with E-state index in [2.05, 4.69) is 27.1 Å². The second-order valence-corrected chi connectivity index (χ2v) is 27.4. The average Bonchev–Trinajstić information content (AvgIpc) is 1.71. The molecule has 2 saturated carbocycles. The van der Waals surface area contributed by atoms with E-state index in [9.17, 15) is 39.6 Å². The number of phenols is 2. The van der Waals surface area contributed by atoms with Crippen LogP contribution in [0, 0.1) is 42.4 Å². The number of anilines is 2. The van der Waals surface area contributed by atoms with Gasteiger partial charge in [-0.2, -0.15) is 0 Å². The predicted molar refractivity (Wildman–Crippen MR) is 346 cm³/mol. The minimum Gasteiger partial charge on any atom is -0.507 e. The number of fused-ring (bicyclic) bond motifs is 15. The molecule has 2 unspecified atom stereocenters. The van der Waals surface area contributed by atoms with E-state index < -0.39 is 106 Å². The van der Waals surface area contributed by atoms with Gasteiger partial charge >= 0.3 is 11.8 Å². The summed E-state index contributed by atoms with van der Waals surface area (Å²) in [5.41, 5.74) is -0.640. The minimum absolute atomic E-state index is 0.00175. The molecule has 2 aromatic rings. The van der Waals surface area contributed by atoms with E-state index in [0.717, 1.165) is 44.9 Å². The number of nitrogens with zero attached hydrogens (tertiary/aromatic N) is 5. The van der Waals surface area contributed by atoms with Crippen LogP contribution in [0.2, 0.25) is 0 Å². The number of phenolic OH excluding ortho intramolecular Hbond substituents is 2. The molecule has 0 spiro atoms. The van der Waals surface area contributed by atoms with Crippen LogP contribution < -0.4 is 20.4 Å². The largest absolute Gasteiger partial charge is 0.507 e. The highest BCUT2D eigenvalue weighted by molar-refractivity contribution is 6.23. The lowest BCUT2D eigenvalue weighted by molar-refractivity contribution is -0.160. The van der Waals surface area contributed by atoms with E-state index in [-0.39, 0.29) is 102 Å². The summed E-state index contributed by atoms with van der Waals surface area (Å²) in [7, 11) is 5.14. The number of amides is 1. The van der Waals surface area contributed by atoms with Gasteiger partial charge in [0, 0.05) is 129 Å². The molecule has 2 saturated heterocycles. The molecule has 22 nitrogen and oxygen atoms in total. The number of benzene rings is 3. The van der Waals surface area contributed by atoms with Crippen molar-refractivity contribution in [2.45, 2.75) is 161 Å². The molecule has 5 N–H and O–H groups in total. The monoisotopic (exact) mass is 1300 g/mol. The first-order valence-corrected chi connectivity index (χ1v) is 32.7. The number of esters is 1. The molecule has 2 aromatic carbocycles. The third-order valence-corrected chi connectivity index (χ3v) is 21.6. The van der Waals surface area contributed by atoms with Crippen LogP contribution in [0.3, 0.4) is 0 Å². The highest BCUT2D eigenvalue weighted by atomic mass is 19.1. The molecule has 4 fully saturated rings. The Kier molecular flexibility index (Phi) is 17.5. The number of aromatic hydroxyl groups is 2. The number of carbonyl (C=O) groups excluding carboxylic acids is 5. The van der Waals surface area contributed by atoms with E-state index in [4.69, 9.17) is 33.1 Å². The Morgan fingerprint density at radius 1 is 0.894 bits per heavy atom. The van der Waals surface area contributed by atoms with E-state index >= 15 is 14.0 Å². The lowest BCUT2D eigenvalue weighted by atomic mass is 9.78. The summed E-state index contributed by atoms with van der Waals surface area (Å²) in [6, 6.07) is 3.06. The molecule has 12 atom stereocenters. The van der Waals surface area contributed by atoms with E-state index in [0.29, 0.717) is 43.3 Å². The van der Waals surface area contributed by atoms with Gasteiger partial charge < -0.3 is 68.5 Å². The molecular weight excluding hydrogens is 1210 g/mol. The highest BCUT2D eigenvalue weighted by Gasteiger charge is 2.58. The van der Waals surface area contributed by atoms with Crippen LogP contribution in [-0.2, 0) is 38.1 Å². The first-order valence-electron chi connectivity index (χ1n) is 32.7. The summed E-state index contributed by atoms with van der Waals surface area (Å²) >= 11 is 0. The van der Waals surface area contributed by atoms with Gasteiger partial charge in [0.15, 0.2) is 22.9 Å². The smallest absolute Gasteiger partial charge is 0.312 e. The van der Waals surface area contributed by atoms with Crippen molar-refractivity contribution in [2.75, 3.05) is 57.7 Å². The molecule has 94 heavy (non-hydrogen) atoms. The lowest BCUT2D eigenvalue weighted by Gasteiger charge is -2.44. The van der Waals surface area contributed by atoms with Gasteiger partial charge in [-0.15, -0.1) is 0 Å². The van der Waals surface area contributed by atoms with Gasteiger partial charge in [0.25, 0.3) is 11.7 Å². The minimum atomic E-state index is -2.13. The zero-order valence-corrected chi connectivity index (χ0v) is 55.3. The second kappa shape index (κ2) is 24.9. The Labute approximate surface area is 544 Å². The number of aromatic nitrogens is 1. The van der Waals surface area contributed by atoms with Crippen LogP contribution in [0.1, 0.15) is 116 Å². The molecule has 13 rings (SSSR count). The number of aliphatic hydroxyl groups is 2. The van der Waals surface area contributed by atoms with Gasteiger partial charge in [-0.1, -0.05) is 45.9 Å². The number of Topliss-reactive ketones (excluding diaryl/α,β-unsaturated/α-hetero) is 3. The molecule has 0 radical (unpaired) electrons. The van der Waals surface area contributed by atoms with E-state index in [1.165, 1.54) is 73.3 Å². The number of methoxy groups -OCH3 is 2. The number of likely N-dealkylation sites (tertiary alicyclic amines) is 1. The van der Waals surface area contributed by atoms with Crippen molar-refractivity contribution >= 4 is 62.5 Å². The van der Waals surface area contributed by atoms with Crippen molar-refractivity contribution < 1.29 is 76.9 Å². The first kappa shape index (κ1) is 65.9. The van der Waals surface area contributed by atoms with Gasteiger partial charge in [-0.05, 0) is 90.8 Å². The van der Waals surface area contributed by atoms with Crippen molar-refractivity contribution in [3.05, 3.63) is 105 Å². The molecular formula is C71H85FN6O16. The fourth-order valence-electron chi connectivity index (χ4n) is 15.8. The van der Waals surface area contributed by atoms with Gasteiger partial charge in [0.2, 0.25) is 5.43 Å². The van der Waals surface area contributed by atoms with Crippen LogP contribution in [0.5, 0.6) is 17.2 Å². The van der Waals surface area contributed by atoms with Crippen LogP contribution in [0.25, 0.3) is 33.3 Å². The molecule has 502 valence electrons. The van der Waals surface area contributed by atoms with Crippen LogP contribution >= 0.6 is 0 Å². The number of ketones is 3. The molecule has 7 heterocycles. The Hall–Kier alpha value is -8.12. The average molecular weight is 1300 g/mol. The zero-order valence-electron chi connectivity index (χ0n) is 55.3. The van der Waals surface area contributed by atoms with Crippen LogP contribution in [0.4, 0.5) is 15.8 Å². The maximum Gasteiger partial charge on any atom is 0.312 e. The zero-order chi connectivity index (χ0) is 67.5. The maximum atomic E-state index is 16.6. The number of ether oxygens (including phenoxy) is 5. The van der Waals surface area contributed by atoms with Gasteiger partial charge in [-0.3, -0.25) is 33.7 Å². The molecule has 5 bridgehead atoms. The summed E-state index contributed by atoms with van der Waals surface area (Å²) in [4.78, 5) is 97.2. The molecule has 1 amide bonds. The van der Waals surface area contributed by atoms with E-state index in [1.54, 1.807) is 58.2 Å². The molecule has 11 aliphatic rings. The van der Waals surface area contributed by atoms with Gasteiger partial charge in [0.05, 0.1) is 54.1 Å². The van der Waals surface area contributed by atoms with E-state index in [1.807, 2.05) is 4.90 Å². The maximum absolute atomic E-state index is 16.6. The van der Waals surface area contributed by atoms with Crippen molar-refractivity contribution in [3.63, 3.8) is 0 Å². The number of aliphatic hydroxyl groups excluding tert-OH is 2. The Morgan fingerprint density at radius 2 is 1.60 bits per heavy atom. The second-order valence-electron chi connectivity index (χ2n) is 27.4. The number of rotatable bonds is 10. The topological polar surface area (TPSA) is 281 Å². The summed E-state index contributed by atoms with van der Waals surface area (Å²) in [5, 5.41) is 49.6. The number of carbonyl (C=O) groups is 5. The number of nitrogens with one attached hydrogen (secondary N) is 1. The van der Waals surface area contributed by atoms with Crippen molar-refractivity contribution in [3.8, 4) is 28.7 Å². The lowest BCUT2D eigenvalue weighted by Crippen LogP contribution is -2.52. The van der Waals surface area contributed by atoms with Gasteiger partial charge in [-0.25, -0.2) is 9.37 Å². The standard InChI is InChI=1S/C71H85FN6O16/c1-33-14-13-15-34(2)69(88)74-56-63(86)52-51(53-65(38(6)61(52)84)94-70(9,68(53)87)91-27-21-49(89-11)35(3)64(92-40(8)80)37(5)60(83)36(4)59(33)82)55-66(56)93-50-29-44(28-48(81)54(50)73-55)76-25-19-42(20-26-76)75(10)71(22-23-71)41-18-24-77(31-41)58-47(72)30-45-57(67(58)90-12)78(43-16-17-43)32-46(39(7)79)62(45)85/h13-15,21,27-30,32-33,35-37,41-43,45,49,57,59-60,64,81-84H,16-20,22-26,31H2,1-12H3,(H,74,88)/b14-13+,27-21+,34-15-/t33-,35+,36+,37+,41+,45?,49-,57?,59-,60+,64+,70-/m0/s1. The summed E-state index contributed by atoms with van der Waals surface area (Å²) < 4.78 is 53.5. The quantitative estimate of drug-likeness (QED) is 0.0430. The Bertz CT molecular complexity index is 4020. The summed E-state index contributed by atoms with van der Waals surface area (Å²) in [6.07, 6.45) is 12.5. The molecule has 4 aliphatic carbocycles. The predicted octanol–water partition coefficient (Wildman–Crippen LogP) is 8.64. The van der Waals surface area contributed by atoms with Gasteiger partial charge in [0.1, 0.15) is 63.6 Å². The number of piperidine rings is 1. The number of allylic oxidation sites excluding steroid dienone is 4. The third kappa shape index (κ3) is 11.2. The molecule has 7 aliphatic heterocycles. The first-order chi connectivity index (χ1) is 44.6. The summed E-state index contributed by atoms with van der Waals surface area (Å²) in [6.45, 7) is 16.2. The number of halogens is 1. The Morgan fingerprint density at radius 3 is 2.24 bits per heavy atom. The van der Waals surface area contributed by atoms with Crippen molar-refractivity contribution in [1.82, 2.24) is 19.7 Å². The normalized spacial score (nSPS) is 31.4. The fourth-order valence-corrected chi connectivity index (χ4v) is 15.8. The van der Waals surface area contributed by atoms with Crippen molar-refractivity contribution in [1.29, 1.82) is 0 Å². The number of hydrogen-bond acceptors (Lipinski definition) is 21. The van der Waals surface area contributed by atoms with Crippen LogP contribution in [0.15, 0.2) is 92.6 Å². The summed E-state index contributed by atoms with van der Waals surface area (Å²) in [5.74, 6) is -9.69. The highest BCUT2D eigenvalue weighted by Crippen LogP contribution is 2.55.